The predicted molar refractivity (Wildman–Crippen MR) is 113 cm³/mol. The quantitative estimate of drug-likeness (QED) is 0.194. The molecule has 0 amide bonds. The fraction of sp³-hybridized carbons (Fsp3) is 1.00. The van der Waals surface area contributed by atoms with E-state index in [0.717, 1.165) is 5.92 Å². The zero-order valence-corrected chi connectivity index (χ0v) is 17.7. The summed E-state index contributed by atoms with van der Waals surface area (Å²) in [5, 5.41) is 0. The van der Waals surface area contributed by atoms with E-state index in [2.05, 4.69) is 20.8 Å². The van der Waals surface area contributed by atoms with Crippen LogP contribution in [0.3, 0.4) is 0 Å². The summed E-state index contributed by atoms with van der Waals surface area (Å²) in [4.78, 5) is 0. The topological polar surface area (TPSA) is 0 Å². The molecule has 0 spiro atoms. The van der Waals surface area contributed by atoms with Crippen LogP contribution in [0.1, 0.15) is 149 Å². The van der Waals surface area contributed by atoms with E-state index in [1.807, 2.05) is 0 Å². The molecule has 0 aliphatic rings. The molecule has 0 bridgehead atoms. The Labute approximate surface area is 155 Å². The van der Waals surface area contributed by atoms with Crippen LogP contribution in [0.2, 0.25) is 0 Å². The minimum absolute atomic E-state index is 1.04. The molecule has 0 heterocycles. The summed E-state index contributed by atoms with van der Waals surface area (Å²) in [6.45, 7) is 6.98. The first-order valence-corrected chi connectivity index (χ1v) is 11.8. The van der Waals surface area contributed by atoms with Gasteiger partial charge >= 0.3 is 0 Å². The molecule has 1 atom stereocenters. The highest BCUT2D eigenvalue weighted by molar-refractivity contribution is 4.60. The lowest BCUT2D eigenvalue weighted by Gasteiger charge is -2.15. The Morgan fingerprint density at radius 1 is 0.333 bits per heavy atom. The van der Waals surface area contributed by atoms with Crippen LogP contribution >= 0.6 is 0 Å². The minimum Gasteiger partial charge on any atom is -0.0654 e. The highest BCUT2D eigenvalue weighted by Crippen LogP contribution is 2.22. The Hall–Kier alpha value is 0. The molecule has 24 heavy (non-hydrogen) atoms. The molecule has 0 radical (unpaired) electrons. The van der Waals surface area contributed by atoms with Crippen LogP contribution in [-0.4, -0.2) is 0 Å². The largest absolute Gasteiger partial charge is 0.0654 e. The van der Waals surface area contributed by atoms with Crippen LogP contribution < -0.4 is 0 Å². The molecule has 146 valence electrons. The average Bonchev–Trinajstić information content (AvgIpc) is 2.59. The van der Waals surface area contributed by atoms with E-state index in [9.17, 15) is 0 Å². The monoisotopic (exact) mass is 338 g/mol. The van der Waals surface area contributed by atoms with Crippen LogP contribution in [0.25, 0.3) is 0 Å². The van der Waals surface area contributed by atoms with Gasteiger partial charge in [-0.1, -0.05) is 149 Å². The van der Waals surface area contributed by atoms with E-state index >= 15 is 0 Å². The Balaban J connectivity index is 3.27. The predicted octanol–water partition coefficient (Wildman–Crippen LogP) is 9.46. The SMILES string of the molecule is CCCCCCCCCCCCCCCC(CCC)CCCCC. The fourth-order valence-electron chi connectivity index (χ4n) is 3.98. The van der Waals surface area contributed by atoms with Crippen molar-refractivity contribution in [2.24, 2.45) is 5.92 Å². The van der Waals surface area contributed by atoms with Crippen molar-refractivity contribution in [3.05, 3.63) is 0 Å². The third kappa shape index (κ3) is 18.3. The third-order valence-corrected chi connectivity index (χ3v) is 5.63. The molecular weight excluding hydrogens is 288 g/mol. The van der Waals surface area contributed by atoms with Gasteiger partial charge in [-0.3, -0.25) is 0 Å². The first-order valence-electron chi connectivity index (χ1n) is 11.8. The summed E-state index contributed by atoms with van der Waals surface area (Å²) in [6.07, 6.45) is 29.3. The molecule has 0 heteroatoms. The molecule has 0 aromatic carbocycles. The Bertz CT molecular complexity index is 208. The number of hydrogen-bond donors (Lipinski definition) is 0. The Morgan fingerprint density at radius 2 is 0.667 bits per heavy atom. The van der Waals surface area contributed by atoms with E-state index in [1.54, 1.807) is 0 Å². The summed E-state index contributed by atoms with van der Waals surface area (Å²) in [7, 11) is 0. The van der Waals surface area contributed by atoms with Gasteiger partial charge in [0.1, 0.15) is 0 Å². The van der Waals surface area contributed by atoms with Gasteiger partial charge in [-0.2, -0.15) is 0 Å². The van der Waals surface area contributed by atoms with E-state index in [0.29, 0.717) is 0 Å². The standard InChI is InChI=1S/C24H50/c1-4-7-9-10-11-12-13-14-15-16-17-18-20-23-24(21-6-3)22-19-8-5-2/h24H,4-23H2,1-3H3. The number of rotatable bonds is 20. The van der Waals surface area contributed by atoms with E-state index < -0.39 is 0 Å². The van der Waals surface area contributed by atoms with Crippen molar-refractivity contribution in [1.82, 2.24) is 0 Å². The second-order valence-electron chi connectivity index (χ2n) is 8.18. The van der Waals surface area contributed by atoms with Gasteiger partial charge in [0.2, 0.25) is 0 Å². The number of hydrogen-bond acceptors (Lipinski definition) is 0. The van der Waals surface area contributed by atoms with Crippen molar-refractivity contribution in [1.29, 1.82) is 0 Å². The van der Waals surface area contributed by atoms with Gasteiger partial charge in [-0.05, 0) is 5.92 Å². The van der Waals surface area contributed by atoms with Gasteiger partial charge in [0, 0.05) is 0 Å². The first kappa shape index (κ1) is 24.0. The second-order valence-corrected chi connectivity index (χ2v) is 8.18. The maximum Gasteiger partial charge on any atom is -0.0414 e. The molecule has 0 aliphatic carbocycles. The summed E-state index contributed by atoms with van der Waals surface area (Å²) in [5.74, 6) is 1.04. The second kappa shape index (κ2) is 21.0. The minimum atomic E-state index is 1.04. The summed E-state index contributed by atoms with van der Waals surface area (Å²) >= 11 is 0. The zero-order valence-electron chi connectivity index (χ0n) is 17.7. The molecule has 0 fully saturated rings. The van der Waals surface area contributed by atoms with E-state index in [4.69, 9.17) is 0 Å². The lowest BCUT2D eigenvalue weighted by molar-refractivity contribution is 0.379. The molecule has 0 aliphatic heterocycles. The molecular formula is C24H50. The molecule has 0 aromatic rings. The summed E-state index contributed by atoms with van der Waals surface area (Å²) < 4.78 is 0. The highest BCUT2D eigenvalue weighted by atomic mass is 14.1. The zero-order chi connectivity index (χ0) is 17.7. The molecule has 1 unspecified atom stereocenters. The normalized spacial score (nSPS) is 12.6. The van der Waals surface area contributed by atoms with Crippen LogP contribution in [0.5, 0.6) is 0 Å². The molecule has 0 nitrogen and oxygen atoms in total. The molecule has 0 saturated heterocycles. The molecule has 0 aromatic heterocycles. The van der Waals surface area contributed by atoms with E-state index in [-0.39, 0.29) is 0 Å². The van der Waals surface area contributed by atoms with Crippen molar-refractivity contribution < 1.29 is 0 Å². The Kier molecular flexibility index (Phi) is 21.0. The summed E-state index contributed by atoms with van der Waals surface area (Å²) in [6, 6.07) is 0. The maximum atomic E-state index is 2.36. The van der Waals surface area contributed by atoms with Crippen molar-refractivity contribution in [2.75, 3.05) is 0 Å². The van der Waals surface area contributed by atoms with Crippen molar-refractivity contribution >= 4 is 0 Å². The van der Waals surface area contributed by atoms with Gasteiger partial charge in [-0.15, -0.1) is 0 Å². The van der Waals surface area contributed by atoms with Gasteiger partial charge in [0.15, 0.2) is 0 Å². The van der Waals surface area contributed by atoms with E-state index in [1.165, 1.54) is 128 Å². The van der Waals surface area contributed by atoms with Crippen LogP contribution in [0.15, 0.2) is 0 Å². The molecule has 0 rings (SSSR count). The lowest BCUT2D eigenvalue weighted by Crippen LogP contribution is -2.00. The summed E-state index contributed by atoms with van der Waals surface area (Å²) in [5.41, 5.74) is 0. The van der Waals surface area contributed by atoms with Crippen molar-refractivity contribution in [3.63, 3.8) is 0 Å². The van der Waals surface area contributed by atoms with Gasteiger partial charge in [0.25, 0.3) is 0 Å². The maximum absolute atomic E-state index is 2.36. The lowest BCUT2D eigenvalue weighted by atomic mass is 9.91. The van der Waals surface area contributed by atoms with Crippen LogP contribution in [-0.2, 0) is 0 Å². The Morgan fingerprint density at radius 3 is 1.08 bits per heavy atom. The average molecular weight is 339 g/mol. The third-order valence-electron chi connectivity index (χ3n) is 5.63. The van der Waals surface area contributed by atoms with Gasteiger partial charge in [0.05, 0.1) is 0 Å². The van der Waals surface area contributed by atoms with Gasteiger partial charge in [-0.25, -0.2) is 0 Å². The number of unbranched alkanes of at least 4 members (excludes halogenated alkanes) is 14. The van der Waals surface area contributed by atoms with Crippen LogP contribution in [0, 0.1) is 5.92 Å². The molecule has 0 saturated carbocycles. The molecule has 0 N–H and O–H groups in total. The smallest absolute Gasteiger partial charge is 0.0414 e. The van der Waals surface area contributed by atoms with Crippen LogP contribution in [0.4, 0.5) is 0 Å². The fourth-order valence-corrected chi connectivity index (χ4v) is 3.98. The first-order chi connectivity index (χ1) is 11.8. The van der Waals surface area contributed by atoms with Gasteiger partial charge < -0.3 is 0 Å². The van der Waals surface area contributed by atoms with Crippen molar-refractivity contribution in [2.45, 2.75) is 149 Å². The highest BCUT2D eigenvalue weighted by Gasteiger charge is 2.07. The van der Waals surface area contributed by atoms with Crippen molar-refractivity contribution in [3.8, 4) is 0 Å².